The lowest BCUT2D eigenvalue weighted by Crippen LogP contribution is -2.62. The summed E-state index contributed by atoms with van der Waals surface area (Å²) in [6.45, 7) is 9.20. The first-order valence-corrected chi connectivity index (χ1v) is 22.4. The van der Waals surface area contributed by atoms with Gasteiger partial charge in [0.1, 0.15) is 30.1 Å². The first-order chi connectivity index (χ1) is 31.6. The van der Waals surface area contributed by atoms with E-state index in [1.165, 1.54) is 14.4 Å². The van der Waals surface area contributed by atoms with Crippen LogP contribution in [0.5, 0.6) is 0 Å². The van der Waals surface area contributed by atoms with Crippen LogP contribution in [-0.2, 0) is 25.7 Å². The molecule has 5 atom stereocenters. The highest BCUT2D eigenvalue weighted by molar-refractivity contribution is 6.07. The molecule has 0 aliphatic carbocycles. The van der Waals surface area contributed by atoms with E-state index in [1.54, 1.807) is 93.6 Å². The molecule has 16 nitrogen and oxygen atoms in total. The molecule has 4 N–H and O–H groups in total. The Kier molecular flexibility index (Phi) is 12.7. The fourth-order valence-electron chi connectivity index (χ4n) is 9.32. The Hall–Kier alpha value is -7.07. The maximum absolute atomic E-state index is 15.5. The van der Waals surface area contributed by atoms with E-state index in [0.29, 0.717) is 40.7 Å². The summed E-state index contributed by atoms with van der Waals surface area (Å²) in [5.41, 5.74) is 1.42. The number of amides is 5. The number of hydrogen-bond donors (Lipinski definition) is 4. The van der Waals surface area contributed by atoms with E-state index in [-0.39, 0.29) is 49.7 Å². The quantitative estimate of drug-likeness (QED) is 0.0936. The number of carbonyl (C=O) groups excluding carboxylic acids is 5. The molecule has 66 heavy (non-hydrogen) atoms. The Bertz CT molecular complexity index is 2730. The molecule has 1 fully saturated rings. The lowest BCUT2D eigenvalue weighted by Gasteiger charge is -2.42. The third-order valence-electron chi connectivity index (χ3n) is 12.1. The van der Waals surface area contributed by atoms with Gasteiger partial charge in [0.25, 0.3) is 17.4 Å². The predicted octanol–water partition coefficient (Wildman–Crippen LogP) is 6.58. The number of aliphatic hydroxyl groups is 1. The van der Waals surface area contributed by atoms with Crippen molar-refractivity contribution in [3.8, 4) is 5.69 Å². The number of alkyl carbamates (subject to hydrolysis) is 2. The molecule has 0 spiro atoms. The monoisotopic (exact) mass is 897 g/mol. The second kappa shape index (κ2) is 18.4. The maximum Gasteiger partial charge on any atom is 0.408 e. The molecule has 0 bridgehead atoms. The molecule has 8 rings (SSSR count). The molecule has 1 saturated heterocycles. The van der Waals surface area contributed by atoms with Crippen LogP contribution in [0.2, 0.25) is 0 Å². The minimum atomic E-state index is -2.36. The van der Waals surface area contributed by atoms with Crippen LogP contribution in [0.25, 0.3) is 16.6 Å². The van der Waals surface area contributed by atoms with Crippen molar-refractivity contribution in [2.75, 3.05) is 11.4 Å². The Morgan fingerprint density at radius 3 is 2.29 bits per heavy atom. The van der Waals surface area contributed by atoms with Gasteiger partial charge in [-0.3, -0.25) is 33.5 Å². The zero-order valence-electron chi connectivity index (χ0n) is 37.7. The number of nitrogens with zero attached hydrogens (tertiary/aromatic N) is 4. The van der Waals surface area contributed by atoms with E-state index in [4.69, 9.17) is 14.5 Å². The predicted molar refractivity (Wildman–Crippen MR) is 246 cm³/mol. The van der Waals surface area contributed by atoms with Crippen molar-refractivity contribution in [2.24, 2.45) is 5.92 Å². The number of anilines is 1. The molecule has 5 amide bonds. The lowest BCUT2D eigenvalue weighted by molar-refractivity contribution is -0.164. The number of rotatable bonds is 13. The molecule has 0 radical (unpaired) electrons. The number of nitrogens with one attached hydrogen (secondary N) is 3. The highest BCUT2D eigenvalue weighted by atomic mass is 16.6. The number of para-hydroxylation sites is 3. The summed E-state index contributed by atoms with van der Waals surface area (Å²) in [6.07, 6.45) is -0.647. The normalized spacial score (nSPS) is 20.1. The van der Waals surface area contributed by atoms with Gasteiger partial charge < -0.3 is 30.5 Å². The van der Waals surface area contributed by atoms with Crippen LogP contribution in [0.1, 0.15) is 106 Å². The Morgan fingerprint density at radius 2 is 1.55 bits per heavy atom. The second-order valence-corrected chi connectivity index (χ2v) is 18.4. The van der Waals surface area contributed by atoms with Gasteiger partial charge in [-0.2, -0.15) is 0 Å². The molecule has 0 saturated carbocycles. The van der Waals surface area contributed by atoms with Gasteiger partial charge in [-0.05, 0) is 100 Å². The van der Waals surface area contributed by atoms with Crippen LogP contribution in [-0.4, -0.2) is 79.5 Å². The minimum Gasteiger partial charge on any atom is -0.445 e. The molecule has 4 heterocycles. The zero-order chi connectivity index (χ0) is 46.9. The fourth-order valence-corrected chi connectivity index (χ4v) is 9.32. The van der Waals surface area contributed by atoms with Gasteiger partial charge in [0.15, 0.2) is 0 Å². The molecule has 16 heteroatoms. The lowest BCUT2D eigenvalue weighted by atomic mass is 9.87. The Morgan fingerprint density at radius 1 is 0.864 bits per heavy atom. The SMILES string of the molecule is CC(C)CC1C(=O)N2c3ccccc3C(CC3NC(=O)c4ccccc4-n4c3nc3ccccc3c4=O)C2(O)N1C(=O)C(CCCCNC(=O)OCc1ccccc1)NC(=O)OC(C)(C)C. The van der Waals surface area contributed by atoms with Crippen molar-refractivity contribution >= 4 is 46.5 Å². The van der Waals surface area contributed by atoms with Gasteiger partial charge >= 0.3 is 12.2 Å². The summed E-state index contributed by atoms with van der Waals surface area (Å²) in [7, 11) is 0. The number of ether oxygens (including phenoxy) is 2. The maximum atomic E-state index is 15.5. The standard InChI is InChI=1S/C50H55N7O9/c1-30(2)27-41-46(61)56-40-25-14-10-19-32(40)35(28-38-42-52-36-22-12-9-20-33(36)44(59)55(42)39-24-13-11-21-34(39)43(58)53-38)50(56,64)57(41)45(60)37(54-48(63)66-49(3,4)5)23-15-16-26-51-47(62)65-29-31-17-7-6-8-18-31/h6-14,17-22,24-25,30,35,37-38,41,64H,15-16,23,26-29H2,1-5H3,(H,51,62)(H,53,58)(H,54,63). The first kappa shape index (κ1) is 45.5. The zero-order valence-corrected chi connectivity index (χ0v) is 37.7. The summed E-state index contributed by atoms with van der Waals surface area (Å²) in [4.78, 5) is 92.3. The fraction of sp³-hybridized carbons (Fsp3) is 0.380. The minimum absolute atomic E-state index is 0.0514. The largest absolute Gasteiger partial charge is 0.445 e. The van der Waals surface area contributed by atoms with Crippen molar-refractivity contribution in [1.29, 1.82) is 0 Å². The van der Waals surface area contributed by atoms with Crippen LogP contribution in [0.3, 0.4) is 0 Å². The molecule has 4 aromatic carbocycles. The molecule has 3 aliphatic rings. The van der Waals surface area contributed by atoms with Crippen LogP contribution in [0, 0.1) is 5.92 Å². The molecule has 1 aromatic heterocycles. The average Bonchev–Trinajstić information content (AvgIpc) is 3.60. The number of unbranched alkanes of at least 4 members (excludes halogenated alkanes) is 1. The van der Waals surface area contributed by atoms with Crippen molar-refractivity contribution in [1.82, 2.24) is 30.4 Å². The topological polar surface area (TPSA) is 201 Å². The smallest absolute Gasteiger partial charge is 0.408 e. The molecule has 5 aromatic rings. The van der Waals surface area contributed by atoms with E-state index in [1.807, 2.05) is 44.2 Å². The van der Waals surface area contributed by atoms with Crippen molar-refractivity contribution in [3.63, 3.8) is 0 Å². The number of aromatic nitrogens is 2. The Balaban J connectivity index is 1.15. The molecule has 344 valence electrons. The van der Waals surface area contributed by atoms with Gasteiger partial charge in [0.2, 0.25) is 11.8 Å². The van der Waals surface area contributed by atoms with Crippen molar-refractivity contribution < 1.29 is 38.6 Å². The highest BCUT2D eigenvalue weighted by Gasteiger charge is 2.67. The summed E-state index contributed by atoms with van der Waals surface area (Å²) in [6, 6.07) is 26.4. The number of hydrogen-bond acceptors (Lipinski definition) is 10. The number of fused-ring (bicyclic) bond motifs is 7. The van der Waals surface area contributed by atoms with Crippen LogP contribution in [0.4, 0.5) is 15.3 Å². The van der Waals surface area contributed by atoms with Crippen LogP contribution < -0.4 is 26.4 Å². The van der Waals surface area contributed by atoms with E-state index in [0.717, 1.165) is 5.56 Å². The van der Waals surface area contributed by atoms with E-state index < -0.39 is 71.0 Å². The summed E-state index contributed by atoms with van der Waals surface area (Å²) in [5, 5.41) is 22.5. The van der Waals surface area contributed by atoms with Gasteiger partial charge in [-0.1, -0.05) is 86.6 Å². The van der Waals surface area contributed by atoms with E-state index in [2.05, 4.69) is 16.0 Å². The molecular formula is C50H55N7O9. The van der Waals surface area contributed by atoms with Crippen molar-refractivity contribution in [2.45, 2.75) is 109 Å². The van der Waals surface area contributed by atoms with Crippen LogP contribution >= 0.6 is 0 Å². The van der Waals surface area contributed by atoms with Gasteiger partial charge in [0.05, 0.1) is 39.8 Å². The van der Waals surface area contributed by atoms with E-state index in [9.17, 15) is 29.1 Å². The number of carbonyl (C=O) groups is 5. The third kappa shape index (κ3) is 8.84. The second-order valence-electron chi connectivity index (χ2n) is 18.4. The molecular weight excluding hydrogens is 843 g/mol. The average molecular weight is 898 g/mol. The van der Waals surface area contributed by atoms with Crippen molar-refractivity contribution in [3.05, 3.63) is 136 Å². The number of benzene rings is 4. The third-order valence-corrected chi connectivity index (χ3v) is 12.1. The summed E-state index contributed by atoms with van der Waals surface area (Å²) in [5.74, 6) is -5.06. The summed E-state index contributed by atoms with van der Waals surface area (Å²) < 4.78 is 12.4. The molecule has 5 unspecified atom stereocenters. The van der Waals surface area contributed by atoms with E-state index >= 15 is 4.79 Å². The highest BCUT2D eigenvalue weighted by Crippen LogP contribution is 2.56. The van der Waals surface area contributed by atoms with Gasteiger partial charge in [0, 0.05) is 6.54 Å². The Labute approximate surface area is 382 Å². The summed E-state index contributed by atoms with van der Waals surface area (Å²) >= 11 is 0. The first-order valence-electron chi connectivity index (χ1n) is 22.4. The van der Waals surface area contributed by atoms with Gasteiger partial charge in [-0.25, -0.2) is 14.6 Å². The molecule has 3 aliphatic heterocycles. The van der Waals surface area contributed by atoms with Crippen LogP contribution in [0.15, 0.2) is 108 Å². The van der Waals surface area contributed by atoms with Gasteiger partial charge in [-0.15, -0.1) is 0 Å².